The number of hydrogen-bond acceptors (Lipinski definition) is 4. The zero-order valence-electron chi connectivity index (χ0n) is 10.9. The number of nitrogens with one attached hydrogen (secondary N) is 2. The molecule has 2 N–H and O–H groups in total. The summed E-state index contributed by atoms with van der Waals surface area (Å²) in [5.74, 6) is -0.856. The van der Waals surface area contributed by atoms with Gasteiger partial charge in [0.1, 0.15) is 0 Å². The van der Waals surface area contributed by atoms with Gasteiger partial charge in [-0.25, -0.2) is 22.5 Å². The molecule has 108 valence electrons. The SMILES string of the molecule is Cc1[nH]ncc1CCCNS(=O)(=O)c1ncccc1F. The maximum absolute atomic E-state index is 13.4. The molecule has 0 spiro atoms. The maximum atomic E-state index is 13.4. The van der Waals surface area contributed by atoms with Crippen molar-refractivity contribution in [1.82, 2.24) is 19.9 Å². The predicted molar refractivity (Wildman–Crippen MR) is 71.0 cm³/mol. The standard InChI is InChI=1S/C12H15FN4O2S/c1-9-10(8-15-17-9)4-2-7-16-20(18,19)12-11(13)5-3-6-14-12/h3,5-6,8,16H,2,4,7H2,1H3,(H,15,17). The molecular formula is C12H15FN4O2S. The van der Waals surface area contributed by atoms with Crippen LogP contribution in [0.4, 0.5) is 4.39 Å². The molecule has 0 aromatic carbocycles. The van der Waals surface area contributed by atoms with E-state index >= 15 is 0 Å². The van der Waals surface area contributed by atoms with Crippen LogP contribution in [0.1, 0.15) is 17.7 Å². The fourth-order valence-corrected chi connectivity index (χ4v) is 2.82. The number of aromatic nitrogens is 3. The predicted octanol–water partition coefficient (Wildman–Crippen LogP) is 1.16. The summed E-state index contributed by atoms with van der Waals surface area (Å²) in [4.78, 5) is 3.55. The van der Waals surface area contributed by atoms with Gasteiger partial charge in [-0.2, -0.15) is 5.10 Å². The zero-order chi connectivity index (χ0) is 14.6. The van der Waals surface area contributed by atoms with Gasteiger partial charge in [-0.1, -0.05) is 0 Å². The maximum Gasteiger partial charge on any atom is 0.261 e. The number of rotatable bonds is 6. The van der Waals surface area contributed by atoms with E-state index in [1.165, 1.54) is 12.3 Å². The number of aryl methyl sites for hydroxylation is 2. The third kappa shape index (κ3) is 3.40. The molecule has 2 aromatic heterocycles. The lowest BCUT2D eigenvalue weighted by Gasteiger charge is -2.06. The van der Waals surface area contributed by atoms with E-state index in [4.69, 9.17) is 0 Å². The van der Waals surface area contributed by atoms with Crippen LogP contribution in [-0.2, 0) is 16.4 Å². The Bertz CT molecular complexity index is 684. The summed E-state index contributed by atoms with van der Waals surface area (Å²) in [6.45, 7) is 2.11. The fourth-order valence-electron chi connectivity index (χ4n) is 1.75. The van der Waals surface area contributed by atoms with E-state index < -0.39 is 20.9 Å². The first-order chi connectivity index (χ1) is 9.50. The Morgan fingerprint density at radius 3 is 2.90 bits per heavy atom. The van der Waals surface area contributed by atoms with Crippen LogP contribution in [0.25, 0.3) is 0 Å². The second kappa shape index (κ2) is 6.10. The first-order valence-electron chi connectivity index (χ1n) is 6.10. The summed E-state index contributed by atoms with van der Waals surface area (Å²) < 4.78 is 39.4. The smallest absolute Gasteiger partial charge is 0.261 e. The van der Waals surface area contributed by atoms with Gasteiger partial charge >= 0.3 is 0 Å². The van der Waals surface area contributed by atoms with E-state index in [0.29, 0.717) is 12.8 Å². The van der Waals surface area contributed by atoms with Crippen LogP contribution >= 0.6 is 0 Å². The third-order valence-corrected chi connectivity index (χ3v) is 4.22. The summed E-state index contributed by atoms with van der Waals surface area (Å²) in [7, 11) is -3.90. The van der Waals surface area contributed by atoms with Crippen molar-refractivity contribution in [3.05, 3.63) is 41.6 Å². The molecule has 0 aliphatic carbocycles. The summed E-state index contributed by atoms with van der Waals surface area (Å²) >= 11 is 0. The molecule has 0 saturated carbocycles. The molecule has 2 rings (SSSR count). The van der Waals surface area contributed by atoms with Crippen LogP contribution < -0.4 is 4.72 Å². The van der Waals surface area contributed by atoms with Gasteiger partial charge in [-0.3, -0.25) is 5.10 Å². The largest absolute Gasteiger partial charge is 0.283 e. The van der Waals surface area contributed by atoms with Crippen molar-refractivity contribution in [3.63, 3.8) is 0 Å². The van der Waals surface area contributed by atoms with Crippen LogP contribution in [0, 0.1) is 12.7 Å². The molecule has 8 heteroatoms. The van der Waals surface area contributed by atoms with E-state index in [1.807, 2.05) is 6.92 Å². The molecule has 20 heavy (non-hydrogen) atoms. The minimum Gasteiger partial charge on any atom is -0.283 e. The molecule has 0 bridgehead atoms. The highest BCUT2D eigenvalue weighted by molar-refractivity contribution is 7.89. The number of halogens is 1. The number of hydrogen-bond donors (Lipinski definition) is 2. The lowest BCUT2D eigenvalue weighted by molar-refractivity contribution is 0.543. The second-order valence-corrected chi connectivity index (χ2v) is 5.99. The Labute approximate surface area is 116 Å². The molecule has 2 aromatic rings. The van der Waals surface area contributed by atoms with Crippen LogP contribution in [0.2, 0.25) is 0 Å². The Hall–Kier alpha value is -1.80. The molecule has 0 aliphatic rings. The molecule has 0 atom stereocenters. The number of pyridine rings is 1. The Morgan fingerprint density at radius 1 is 1.45 bits per heavy atom. The first-order valence-corrected chi connectivity index (χ1v) is 7.58. The van der Waals surface area contributed by atoms with Crippen molar-refractivity contribution < 1.29 is 12.8 Å². The van der Waals surface area contributed by atoms with E-state index in [2.05, 4.69) is 19.9 Å². The summed E-state index contributed by atoms with van der Waals surface area (Å²) in [5.41, 5.74) is 2.00. The highest BCUT2D eigenvalue weighted by Gasteiger charge is 2.19. The fraction of sp³-hybridized carbons (Fsp3) is 0.333. The first kappa shape index (κ1) is 14.6. The van der Waals surface area contributed by atoms with Gasteiger partial charge in [0, 0.05) is 18.4 Å². The van der Waals surface area contributed by atoms with Crippen molar-refractivity contribution in [2.24, 2.45) is 0 Å². The quantitative estimate of drug-likeness (QED) is 0.783. The molecule has 2 heterocycles. The van der Waals surface area contributed by atoms with E-state index in [1.54, 1.807) is 6.20 Å². The van der Waals surface area contributed by atoms with Gasteiger partial charge in [-0.15, -0.1) is 0 Å². The Morgan fingerprint density at radius 2 is 2.25 bits per heavy atom. The molecule has 0 aliphatic heterocycles. The van der Waals surface area contributed by atoms with Crippen molar-refractivity contribution >= 4 is 10.0 Å². The Balaban J connectivity index is 1.91. The van der Waals surface area contributed by atoms with E-state index in [-0.39, 0.29) is 6.54 Å². The van der Waals surface area contributed by atoms with Crippen LogP contribution in [0.3, 0.4) is 0 Å². The monoisotopic (exact) mass is 298 g/mol. The average Bonchev–Trinajstić information content (AvgIpc) is 2.81. The minimum absolute atomic E-state index is 0.211. The number of aromatic amines is 1. The molecule has 6 nitrogen and oxygen atoms in total. The molecule has 0 amide bonds. The lowest BCUT2D eigenvalue weighted by Crippen LogP contribution is -2.26. The van der Waals surface area contributed by atoms with Crippen molar-refractivity contribution in [3.8, 4) is 0 Å². The lowest BCUT2D eigenvalue weighted by atomic mass is 10.1. The number of nitrogens with zero attached hydrogens (tertiary/aromatic N) is 2. The summed E-state index contributed by atoms with van der Waals surface area (Å²) in [6, 6.07) is 2.41. The van der Waals surface area contributed by atoms with Crippen LogP contribution in [0.5, 0.6) is 0 Å². The highest BCUT2D eigenvalue weighted by atomic mass is 32.2. The molecule has 0 unspecified atom stereocenters. The second-order valence-electron chi connectivity index (χ2n) is 4.31. The molecule has 0 fully saturated rings. The van der Waals surface area contributed by atoms with Crippen molar-refractivity contribution in [1.29, 1.82) is 0 Å². The summed E-state index contributed by atoms with van der Waals surface area (Å²) in [5, 5.41) is 6.13. The van der Waals surface area contributed by atoms with Crippen molar-refractivity contribution in [2.75, 3.05) is 6.54 Å². The van der Waals surface area contributed by atoms with Gasteiger partial charge < -0.3 is 0 Å². The number of H-pyrrole nitrogens is 1. The van der Waals surface area contributed by atoms with Gasteiger partial charge in [0.25, 0.3) is 10.0 Å². The van der Waals surface area contributed by atoms with Crippen LogP contribution in [-0.4, -0.2) is 30.1 Å². The van der Waals surface area contributed by atoms with Crippen LogP contribution in [0.15, 0.2) is 29.6 Å². The van der Waals surface area contributed by atoms with Gasteiger partial charge in [0.05, 0.1) is 6.20 Å². The molecule has 0 saturated heterocycles. The number of sulfonamides is 1. The van der Waals surface area contributed by atoms with Crippen molar-refractivity contribution in [2.45, 2.75) is 24.8 Å². The zero-order valence-corrected chi connectivity index (χ0v) is 11.7. The highest BCUT2D eigenvalue weighted by Crippen LogP contribution is 2.10. The normalized spacial score (nSPS) is 11.7. The third-order valence-electron chi connectivity index (χ3n) is 2.83. The van der Waals surface area contributed by atoms with Gasteiger partial charge in [0.15, 0.2) is 5.82 Å². The van der Waals surface area contributed by atoms with Gasteiger partial charge in [0.2, 0.25) is 5.03 Å². The van der Waals surface area contributed by atoms with E-state index in [0.717, 1.165) is 17.3 Å². The summed E-state index contributed by atoms with van der Waals surface area (Å²) in [6.07, 6.45) is 4.23. The topological polar surface area (TPSA) is 87.7 Å². The Kier molecular flexibility index (Phi) is 4.46. The minimum atomic E-state index is -3.90. The average molecular weight is 298 g/mol. The molecule has 0 radical (unpaired) electrons. The van der Waals surface area contributed by atoms with E-state index in [9.17, 15) is 12.8 Å². The molecular weight excluding hydrogens is 283 g/mol. The van der Waals surface area contributed by atoms with Gasteiger partial charge in [-0.05, 0) is 37.5 Å².